The highest BCUT2D eigenvalue weighted by molar-refractivity contribution is 7.89. The molecular formula is C11H13ClN2O4S. The van der Waals surface area contributed by atoms with Crippen LogP contribution >= 0.6 is 11.6 Å². The molecule has 1 aliphatic carbocycles. The summed E-state index contributed by atoms with van der Waals surface area (Å²) in [6.45, 7) is 0. The lowest BCUT2D eigenvalue weighted by molar-refractivity contribution is -0.141. The van der Waals surface area contributed by atoms with Crippen LogP contribution in [0.3, 0.4) is 0 Å². The molecule has 1 fully saturated rings. The molecule has 2 N–H and O–H groups in total. The number of carboxylic acids is 1. The van der Waals surface area contributed by atoms with Crippen molar-refractivity contribution < 1.29 is 18.3 Å². The summed E-state index contributed by atoms with van der Waals surface area (Å²) < 4.78 is 26.7. The van der Waals surface area contributed by atoms with Gasteiger partial charge in [-0.1, -0.05) is 11.6 Å². The number of carboxylic acid groups (broad SMARTS) is 1. The van der Waals surface area contributed by atoms with Crippen LogP contribution in [-0.2, 0) is 14.8 Å². The normalized spacial score (nSPS) is 23.4. The summed E-state index contributed by atoms with van der Waals surface area (Å²) in [6, 6.07) is 2.47. The molecule has 0 radical (unpaired) electrons. The maximum absolute atomic E-state index is 12.1. The van der Waals surface area contributed by atoms with Crippen LogP contribution in [0.4, 0.5) is 0 Å². The zero-order valence-corrected chi connectivity index (χ0v) is 11.5. The maximum atomic E-state index is 12.1. The summed E-state index contributed by atoms with van der Waals surface area (Å²) >= 11 is 5.75. The molecule has 2 unspecified atom stereocenters. The Morgan fingerprint density at radius 1 is 1.47 bits per heavy atom. The van der Waals surface area contributed by atoms with Crippen molar-refractivity contribution in [1.82, 2.24) is 9.71 Å². The summed E-state index contributed by atoms with van der Waals surface area (Å²) in [5, 5.41) is 8.79. The number of nitrogens with zero attached hydrogens (tertiary/aromatic N) is 1. The van der Waals surface area contributed by atoms with Gasteiger partial charge >= 0.3 is 5.97 Å². The fourth-order valence-corrected chi connectivity index (χ4v) is 3.90. The molecule has 0 aromatic carbocycles. The molecular weight excluding hydrogens is 292 g/mol. The molecule has 0 aliphatic heterocycles. The Morgan fingerprint density at radius 2 is 2.21 bits per heavy atom. The van der Waals surface area contributed by atoms with Crippen LogP contribution in [0.1, 0.15) is 19.3 Å². The van der Waals surface area contributed by atoms with Crippen molar-refractivity contribution in [2.75, 3.05) is 0 Å². The van der Waals surface area contributed by atoms with E-state index < -0.39 is 21.9 Å². The standard InChI is InChI=1S/C11H13ClN2O4S/c12-10-9(2-1-5-13-10)19(17,18)14-8-4-3-7(6-8)11(15)16/h1-2,5,7-8,14H,3-4,6H2,(H,15,16). The minimum atomic E-state index is -3.76. The van der Waals surface area contributed by atoms with E-state index in [4.69, 9.17) is 16.7 Å². The molecule has 2 atom stereocenters. The van der Waals surface area contributed by atoms with Gasteiger partial charge < -0.3 is 5.11 Å². The molecule has 1 aliphatic rings. The van der Waals surface area contributed by atoms with Gasteiger partial charge in [-0.05, 0) is 31.4 Å². The van der Waals surface area contributed by atoms with Gasteiger partial charge in [0.2, 0.25) is 10.0 Å². The van der Waals surface area contributed by atoms with Crippen molar-refractivity contribution in [3.8, 4) is 0 Å². The quantitative estimate of drug-likeness (QED) is 0.817. The molecule has 0 saturated heterocycles. The van der Waals surface area contributed by atoms with Crippen LogP contribution in [0.15, 0.2) is 23.2 Å². The molecule has 104 valence electrons. The van der Waals surface area contributed by atoms with Crippen LogP contribution in [0.5, 0.6) is 0 Å². The van der Waals surface area contributed by atoms with Gasteiger partial charge in [-0.15, -0.1) is 0 Å². The van der Waals surface area contributed by atoms with Gasteiger partial charge in [0.25, 0.3) is 0 Å². The van der Waals surface area contributed by atoms with Gasteiger partial charge in [0, 0.05) is 12.2 Å². The van der Waals surface area contributed by atoms with E-state index in [1.807, 2.05) is 0 Å². The first-order valence-corrected chi connectivity index (χ1v) is 7.62. The van der Waals surface area contributed by atoms with Gasteiger partial charge in [0.1, 0.15) is 10.0 Å². The fraction of sp³-hybridized carbons (Fsp3) is 0.455. The van der Waals surface area contributed by atoms with E-state index in [0.29, 0.717) is 19.3 Å². The minimum absolute atomic E-state index is 0.0876. The SMILES string of the molecule is O=C(O)C1CCC(NS(=O)(=O)c2cccnc2Cl)C1. The van der Waals surface area contributed by atoms with Gasteiger partial charge in [0.15, 0.2) is 0 Å². The second-order valence-corrected chi connectivity index (χ2v) is 6.50. The van der Waals surface area contributed by atoms with Crippen LogP contribution in [0.25, 0.3) is 0 Å². The second kappa shape index (κ2) is 5.44. The molecule has 2 rings (SSSR count). The summed E-state index contributed by atoms with van der Waals surface area (Å²) in [5.41, 5.74) is 0. The lowest BCUT2D eigenvalue weighted by Crippen LogP contribution is -2.33. The highest BCUT2D eigenvalue weighted by Gasteiger charge is 2.33. The van der Waals surface area contributed by atoms with Crippen molar-refractivity contribution >= 4 is 27.6 Å². The Labute approximate surface area is 115 Å². The van der Waals surface area contributed by atoms with Gasteiger partial charge in [-0.25, -0.2) is 18.1 Å². The number of carbonyl (C=O) groups is 1. The van der Waals surface area contributed by atoms with E-state index in [1.165, 1.54) is 18.3 Å². The lowest BCUT2D eigenvalue weighted by atomic mass is 10.1. The highest BCUT2D eigenvalue weighted by atomic mass is 35.5. The predicted octanol–water partition coefficient (Wildman–Crippen LogP) is 1.27. The largest absolute Gasteiger partial charge is 0.481 e. The summed E-state index contributed by atoms with van der Waals surface area (Å²) in [5.74, 6) is -1.38. The number of halogens is 1. The van der Waals surface area contributed by atoms with Crippen molar-refractivity contribution in [1.29, 1.82) is 0 Å². The van der Waals surface area contributed by atoms with Crippen molar-refractivity contribution in [3.05, 3.63) is 23.5 Å². The molecule has 8 heteroatoms. The number of pyridine rings is 1. The maximum Gasteiger partial charge on any atom is 0.306 e. The van der Waals surface area contributed by atoms with Crippen LogP contribution in [0.2, 0.25) is 5.15 Å². The number of aliphatic carboxylic acids is 1. The number of aromatic nitrogens is 1. The average molecular weight is 305 g/mol. The van der Waals surface area contributed by atoms with Crippen LogP contribution in [0, 0.1) is 5.92 Å². The molecule has 0 spiro atoms. The van der Waals surface area contributed by atoms with Gasteiger partial charge in [0.05, 0.1) is 5.92 Å². The van der Waals surface area contributed by atoms with Crippen molar-refractivity contribution in [3.63, 3.8) is 0 Å². The Kier molecular flexibility index (Phi) is 4.07. The van der Waals surface area contributed by atoms with Crippen LogP contribution in [-0.4, -0.2) is 30.5 Å². The molecule has 1 heterocycles. The third-order valence-corrected chi connectivity index (χ3v) is 5.08. The Bertz CT molecular complexity index is 590. The Balaban J connectivity index is 2.11. The minimum Gasteiger partial charge on any atom is -0.481 e. The van der Waals surface area contributed by atoms with E-state index >= 15 is 0 Å². The summed E-state index contributed by atoms with van der Waals surface area (Å²) in [6.07, 6.45) is 2.68. The van der Waals surface area contributed by atoms with Crippen LogP contribution < -0.4 is 4.72 Å². The average Bonchev–Trinajstić information content (AvgIpc) is 2.77. The molecule has 19 heavy (non-hydrogen) atoms. The predicted molar refractivity (Wildman–Crippen MR) is 68.3 cm³/mol. The third kappa shape index (κ3) is 3.23. The topological polar surface area (TPSA) is 96.4 Å². The van der Waals surface area contributed by atoms with Gasteiger partial charge in [-0.3, -0.25) is 4.79 Å². The second-order valence-electron chi connectivity index (χ2n) is 4.46. The summed E-state index contributed by atoms with van der Waals surface area (Å²) in [7, 11) is -3.76. The molecule has 6 nitrogen and oxygen atoms in total. The first kappa shape index (κ1) is 14.2. The molecule has 1 aromatic heterocycles. The molecule has 1 saturated carbocycles. The van der Waals surface area contributed by atoms with Gasteiger partial charge in [-0.2, -0.15) is 0 Å². The van der Waals surface area contributed by atoms with E-state index in [1.54, 1.807) is 0 Å². The zero-order valence-electron chi connectivity index (χ0n) is 9.91. The van der Waals surface area contributed by atoms with Crippen molar-refractivity contribution in [2.24, 2.45) is 5.92 Å². The van der Waals surface area contributed by atoms with E-state index in [-0.39, 0.29) is 16.1 Å². The summed E-state index contributed by atoms with van der Waals surface area (Å²) in [4.78, 5) is 14.5. The van der Waals surface area contributed by atoms with Crippen molar-refractivity contribution in [2.45, 2.75) is 30.2 Å². The first-order valence-electron chi connectivity index (χ1n) is 5.76. The molecule has 0 bridgehead atoms. The third-order valence-electron chi connectivity index (χ3n) is 3.12. The number of hydrogen-bond acceptors (Lipinski definition) is 4. The fourth-order valence-electron chi connectivity index (χ4n) is 2.17. The number of rotatable bonds is 4. The Hall–Kier alpha value is -1.18. The highest BCUT2D eigenvalue weighted by Crippen LogP contribution is 2.27. The van der Waals surface area contributed by atoms with E-state index in [2.05, 4.69) is 9.71 Å². The molecule has 0 amide bonds. The lowest BCUT2D eigenvalue weighted by Gasteiger charge is -2.13. The monoisotopic (exact) mass is 304 g/mol. The number of sulfonamides is 1. The number of hydrogen-bond donors (Lipinski definition) is 2. The Morgan fingerprint density at radius 3 is 2.79 bits per heavy atom. The molecule has 1 aromatic rings. The zero-order chi connectivity index (χ0) is 14.0. The smallest absolute Gasteiger partial charge is 0.306 e. The number of nitrogens with one attached hydrogen (secondary N) is 1. The first-order chi connectivity index (χ1) is 8.90. The van der Waals surface area contributed by atoms with E-state index in [0.717, 1.165) is 0 Å². The van der Waals surface area contributed by atoms with E-state index in [9.17, 15) is 13.2 Å².